The number of allylic oxidation sites excluding steroid dienone is 1. The molecule has 1 atom stereocenters. The summed E-state index contributed by atoms with van der Waals surface area (Å²) in [4.78, 5) is 4.22. The van der Waals surface area contributed by atoms with E-state index in [-0.39, 0.29) is 0 Å². The molecule has 1 fully saturated rings. The van der Waals surface area contributed by atoms with Crippen LogP contribution in [0.25, 0.3) is 0 Å². The minimum atomic E-state index is 0.495. The molecule has 0 aliphatic carbocycles. The van der Waals surface area contributed by atoms with Gasteiger partial charge in [0.05, 0.1) is 6.04 Å². The van der Waals surface area contributed by atoms with Gasteiger partial charge in [0, 0.05) is 18.5 Å². The summed E-state index contributed by atoms with van der Waals surface area (Å²) >= 11 is 0. The van der Waals surface area contributed by atoms with Crippen LogP contribution in [0.3, 0.4) is 0 Å². The highest BCUT2D eigenvalue weighted by Crippen LogP contribution is 2.16. The maximum absolute atomic E-state index is 4.22. The number of fused-ring (bicyclic) bond motifs is 1. The van der Waals surface area contributed by atoms with Crippen LogP contribution in [-0.2, 0) is 0 Å². The van der Waals surface area contributed by atoms with E-state index < -0.39 is 0 Å². The normalized spacial score (nSPS) is 32.0. The number of aliphatic imine (C=N–C) groups is 1. The van der Waals surface area contributed by atoms with Gasteiger partial charge in [-0.2, -0.15) is 0 Å². The molecule has 2 aliphatic heterocycles. The Morgan fingerprint density at radius 3 is 3.62 bits per heavy atom. The summed E-state index contributed by atoms with van der Waals surface area (Å²) in [6.07, 6.45) is 5.12. The molecule has 1 unspecified atom stereocenters. The minimum Gasteiger partial charge on any atom is -0.386 e. The molecule has 2 nitrogen and oxygen atoms in total. The molecular weight excluding hydrogens is 100 g/mol. The predicted molar refractivity (Wildman–Crippen MR) is 33.0 cm³/mol. The van der Waals surface area contributed by atoms with Crippen molar-refractivity contribution in [1.82, 2.24) is 5.32 Å². The SMILES string of the molecule is C1=NC2CCNC2=C1. The lowest BCUT2D eigenvalue weighted by molar-refractivity contribution is 0.816. The number of rotatable bonds is 0. The topological polar surface area (TPSA) is 24.4 Å². The van der Waals surface area contributed by atoms with E-state index in [2.05, 4.69) is 16.4 Å². The summed E-state index contributed by atoms with van der Waals surface area (Å²) in [5.41, 5.74) is 1.31. The maximum atomic E-state index is 4.22. The largest absolute Gasteiger partial charge is 0.386 e. The van der Waals surface area contributed by atoms with Crippen LogP contribution in [-0.4, -0.2) is 18.8 Å². The number of nitrogens with one attached hydrogen (secondary N) is 1. The minimum absolute atomic E-state index is 0.495. The van der Waals surface area contributed by atoms with Crippen molar-refractivity contribution in [1.29, 1.82) is 0 Å². The van der Waals surface area contributed by atoms with Crippen LogP contribution >= 0.6 is 0 Å². The monoisotopic (exact) mass is 108 g/mol. The van der Waals surface area contributed by atoms with Gasteiger partial charge in [0.25, 0.3) is 0 Å². The van der Waals surface area contributed by atoms with Crippen molar-refractivity contribution in [3.8, 4) is 0 Å². The summed E-state index contributed by atoms with van der Waals surface area (Å²) in [7, 11) is 0. The van der Waals surface area contributed by atoms with Crippen LogP contribution < -0.4 is 5.32 Å². The van der Waals surface area contributed by atoms with Gasteiger partial charge in [0.2, 0.25) is 0 Å². The molecule has 0 aromatic heterocycles. The van der Waals surface area contributed by atoms with Gasteiger partial charge in [-0.25, -0.2) is 0 Å². The van der Waals surface area contributed by atoms with E-state index in [1.807, 2.05) is 6.21 Å². The Morgan fingerprint density at radius 2 is 2.75 bits per heavy atom. The van der Waals surface area contributed by atoms with E-state index in [0.717, 1.165) is 6.54 Å². The second-order valence-electron chi connectivity index (χ2n) is 2.15. The average Bonchev–Trinajstić information content (AvgIpc) is 2.15. The summed E-state index contributed by atoms with van der Waals surface area (Å²) in [5, 5.41) is 3.25. The molecule has 42 valence electrons. The van der Waals surface area contributed by atoms with Crippen LogP contribution in [0.4, 0.5) is 0 Å². The second-order valence-corrected chi connectivity index (χ2v) is 2.15. The zero-order chi connectivity index (χ0) is 5.40. The third-order valence-electron chi connectivity index (χ3n) is 1.63. The molecule has 0 aromatic rings. The standard InChI is InChI=1S/C6H8N2/c1-3-7-6-2-4-8-5(1)6/h1,3,6,8H,2,4H2. The van der Waals surface area contributed by atoms with E-state index in [1.165, 1.54) is 12.1 Å². The molecule has 2 aliphatic rings. The van der Waals surface area contributed by atoms with Crippen LogP contribution in [0.2, 0.25) is 0 Å². The van der Waals surface area contributed by atoms with E-state index in [9.17, 15) is 0 Å². The Kier molecular flexibility index (Phi) is 0.692. The number of hydrogen-bond acceptors (Lipinski definition) is 2. The predicted octanol–water partition coefficient (Wildman–Crippen LogP) is 0.317. The lowest BCUT2D eigenvalue weighted by atomic mass is 10.2. The molecule has 2 heteroatoms. The fraction of sp³-hybridized carbons (Fsp3) is 0.500. The van der Waals surface area contributed by atoms with Gasteiger partial charge < -0.3 is 5.32 Å². The Bertz CT molecular complexity index is 158. The molecule has 0 spiro atoms. The first-order valence-corrected chi connectivity index (χ1v) is 2.94. The Hall–Kier alpha value is -0.790. The van der Waals surface area contributed by atoms with Gasteiger partial charge in [0.1, 0.15) is 0 Å². The Balaban J connectivity index is 2.29. The van der Waals surface area contributed by atoms with E-state index >= 15 is 0 Å². The van der Waals surface area contributed by atoms with Crippen LogP contribution in [0.1, 0.15) is 6.42 Å². The summed E-state index contributed by atoms with van der Waals surface area (Å²) in [6, 6.07) is 0.495. The molecule has 1 saturated heterocycles. The molecule has 0 bridgehead atoms. The fourth-order valence-corrected chi connectivity index (χ4v) is 1.18. The van der Waals surface area contributed by atoms with E-state index in [1.54, 1.807) is 0 Å². The summed E-state index contributed by atoms with van der Waals surface area (Å²) < 4.78 is 0. The molecule has 2 rings (SSSR count). The maximum Gasteiger partial charge on any atom is 0.0911 e. The van der Waals surface area contributed by atoms with Crippen LogP contribution in [0.15, 0.2) is 16.8 Å². The average molecular weight is 108 g/mol. The first-order chi connectivity index (χ1) is 3.97. The lowest BCUT2D eigenvalue weighted by Gasteiger charge is -1.95. The smallest absolute Gasteiger partial charge is 0.0911 e. The molecule has 0 aromatic carbocycles. The summed E-state index contributed by atoms with van der Waals surface area (Å²) in [5.74, 6) is 0. The zero-order valence-corrected chi connectivity index (χ0v) is 4.59. The van der Waals surface area contributed by atoms with Crippen LogP contribution in [0.5, 0.6) is 0 Å². The lowest BCUT2D eigenvalue weighted by Crippen LogP contribution is -2.05. The van der Waals surface area contributed by atoms with Gasteiger partial charge >= 0.3 is 0 Å². The van der Waals surface area contributed by atoms with Gasteiger partial charge in [-0.05, 0) is 12.5 Å². The first kappa shape index (κ1) is 4.13. The molecule has 8 heavy (non-hydrogen) atoms. The summed E-state index contributed by atoms with van der Waals surface area (Å²) in [6.45, 7) is 1.10. The van der Waals surface area contributed by atoms with Gasteiger partial charge in [-0.3, -0.25) is 4.99 Å². The third kappa shape index (κ3) is 0.399. The van der Waals surface area contributed by atoms with Crippen molar-refractivity contribution in [2.45, 2.75) is 12.5 Å². The van der Waals surface area contributed by atoms with Crippen LogP contribution in [0, 0.1) is 0 Å². The molecule has 0 amide bonds. The van der Waals surface area contributed by atoms with E-state index in [4.69, 9.17) is 0 Å². The Labute approximate surface area is 48.3 Å². The molecular formula is C6H8N2. The first-order valence-electron chi connectivity index (χ1n) is 2.94. The van der Waals surface area contributed by atoms with Crippen molar-refractivity contribution in [2.75, 3.05) is 6.54 Å². The number of nitrogens with zero attached hydrogens (tertiary/aromatic N) is 1. The third-order valence-corrected chi connectivity index (χ3v) is 1.63. The van der Waals surface area contributed by atoms with Crippen molar-refractivity contribution >= 4 is 6.21 Å². The highest BCUT2D eigenvalue weighted by molar-refractivity contribution is 5.76. The highest BCUT2D eigenvalue weighted by atomic mass is 15.0. The zero-order valence-electron chi connectivity index (χ0n) is 4.59. The van der Waals surface area contributed by atoms with Crippen molar-refractivity contribution in [2.24, 2.45) is 4.99 Å². The quantitative estimate of drug-likeness (QED) is 0.474. The van der Waals surface area contributed by atoms with Gasteiger partial charge in [-0.1, -0.05) is 0 Å². The highest BCUT2D eigenvalue weighted by Gasteiger charge is 2.20. The molecule has 0 saturated carbocycles. The van der Waals surface area contributed by atoms with Gasteiger partial charge in [0.15, 0.2) is 0 Å². The van der Waals surface area contributed by atoms with Crippen molar-refractivity contribution < 1.29 is 0 Å². The van der Waals surface area contributed by atoms with Crippen molar-refractivity contribution in [3.05, 3.63) is 11.8 Å². The molecule has 0 radical (unpaired) electrons. The molecule has 2 heterocycles. The fourth-order valence-electron chi connectivity index (χ4n) is 1.18. The second kappa shape index (κ2) is 1.34. The van der Waals surface area contributed by atoms with Gasteiger partial charge in [-0.15, -0.1) is 0 Å². The van der Waals surface area contributed by atoms with E-state index in [0.29, 0.717) is 6.04 Å². The van der Waals surface area contributed by atoms with Crippen molar-refractivity contribution in [3.63, 3.8) is 0 Å². The molecule has 1 N–H and O–H groups in total. The number of hydrogen-bond donors (Lipinski definition) is 1. The Morgan fingerprint density at radius 1 is 1.75 bits per heavy atom.